The molecule has 1 aromatic carbocycles. The van der Waals surface area contributed by atoms with Crippen LogP contribution in [0.2, 0.25) is 0 Å². The third-order valence-corrected chi connectivity index (χ3v) is 2.61. The van der Waals surface area contributed by atoms with E-state index in [2.05, 4.69) is 21.2 Å². The van der Waals surface area contributed by atoms with Crippen LogP contribution in [0.1, 0.15) is 13.3 Å². The smallest absolute Gasteiger partial charge is 0.241 e. The molecule has 16 heavy (non-hydrogen) atoms. The molecule has 0 aliphatic rings. The molecular formula is C11H15BrN2O2. The van der Waals surface area contributed by atoms with Crippen LogP contribution in [0.3, 0.4) is 0 Å². The number of carbonyl (C=O) groups is 1. The third kappa shape index (κ3) is 3.50. The van der Waals surface area contributed by atoms with Gasteiger partial charge in [-0.2, -0.15) is 0 Å². The Labute approximate surface area is 103 Å². The van der Waals surface area contributed by atoms with Crippen molar-refractivity contribution < 1.29 is 9.53 Å². The molecular weight excluding hydrogens is 272 g/mol. The molecule has 88 valence electrons. The molecule has 0 heterocycles. The van der Waals surface area contributed by atoms with E-state index in [-0.39, 0.29) is 5.91 Å². The van der Waals surface area contributed by atoms with Gasteiger partial charge in [0.2, 0.25) is 5.91 Å². The first-order chi connectivity index (χ1) is 7.56. The Morgan fingerprint density at radius 3 is 2.81 bits per heavy atom. The fraction of sp³-hybridized carbons (Fsp3) is 0.364. The number of halogens is 1. The molecule has 0 radical (unpaired) electrons. The summed E-state index contributed by atoms with van der Waals surface area (Å²) in [4.78, 5) is 11.6. The van der Waals surface area contributed by atoms with Crippen molar-refractivity contribution in [3.63, 3.8) is 0 Å². The van der Waals surface area contributed by atoms with Gasteiger partial charge in [-0.25, -0.2) is 0 Å². The highest BCUT2D eigenvalue weighted by Crippen LogP contribution is 2.24. The van der Waals surface area contributed by atoms with E-state index in [9.17, 15) is 4.79 Å². The molecule has 0 aromatic heterocycles. The highest BCUT2D eigenvalue weighted by molar-refractivity contribution is 9.10. The predicted octanol–water partition coefficient (Wildman–Crippen LogP) is 2.13. The minimum atomic E-state index is -0.482. The fourth-order valence-electron chi connectivity index (χ4n) is 1.17. The highest BCUT2D eigenvalue weighted by atomic mass is 79.9. The van der Waals surface area contributed by atoms with Crippen molar-refractivity contribution in [1.29, 1.82) is 0 Å². The molecule has 1 rings (SSSR count). The van der Waals surface area contributed by atoms with Gasteiger partial charge in [-0.05, 0) is 18.6 Å². The number of hydrogen-bond acceptors (Lipinski definition) is 3. The maximum atomic E-state index is 11.6. The highest BCUT2D eigenvalue weighted by Gasteiger charge is 2.11. The Morgan fingerprint density at radius 1 is 1.56 bits per heavy atom. The van der Waals surface area contributed by atoms with Crippen molar-refractivity contribution in [3.8, 4) is 5.75 Å². The maximum Gasteiger partial charge on any atom is 0.241 e. The SMILES string of the molecule is CC[C@@H](N)C(=O)Nc1cc(Br)cc(OC)c1. The van der Waals surface area contributed by atoms with E-state index in [1.54, 1.807) is 19.2 Å². The van der Waals surface area contributed by atoms with E-state index < -0.39 is 6.04 Å². The van der Waals surface area contributed by atoms with Crippen LogP contribution in [0.4, 0.5) is 5.69 Å². The Kier molecular flexibility index (Phi) is 4.76. The summed E-state index contributed by atoms with van der Waals surface area (Å²) in [7, 11) is 1.57. The van der Waals surface area contributed by atoms with Gasteiger partial charge < -0.3 is 15.8 Å². The molecule has 0 saturated carbocycles. The number of hydrogen-bond donors (Lipinski definition) is 2. The lowest BCUT2D eigenvalue weighted by Crippen LogP contribution is -2.34. The first-order valence-corrected chi connectivity index (χ1v) is 5.77. The van der Waals surface area contributed by atoms with Crippen LogP contribution in [0, 0.1) is 0 Å². The summed E-state index contributed by atoms with van der Waals surface area (Å²) >= 11 is 3.34. The molecule has 0 spiro atoms. The summed E-state index contributed by atoms with van der Waals surface area (Å²) in [5, 5.41) is 2.73. The molecule has 0 saturated heterocycles. The van der Waals surface area contributed by atoms with Gasteiger partial charge >= 0.3 is 0 Å². The standard InChI is InChI=1S/C11H15BrN2O2/c1-3-10(13)11(15)14-8-4-7(12)5-9(6-8)16-2/h4-6,10H,3,13H2,1-2H3,(H,14,15)/t10-/m1/s1. The quantitative estimate of drug-likeness (QED) is 0.891. The van der Waals surface area contributed by atoms with E-state index in [1.807, 2.05) is 13.0 Å². The van der Waals surface area contributed by atoms with Crippen molar-refractivity contribution in [1.82, 2.24) is 0 Å². The number of methoxy groups -OCH3 is 1. The molecule has 0 aliphatic carbocycles. The molecule has 0 aliphatic heterocycles. The number of nitrogens with one attached hydrogen (secondary N) is 1. The van der Waals surface area contributed by atoms with Gasteiger partial charge in [0.1, 0.15) is 5.75 Å². The lowest BCUT2D eigenvalue weighted by molar-refractivity contribution is -0.117. The van der Waals surface area contributed by atoms with E-state index in [0.717, 1.165) is 4.47 Å². The van der Waals surface area contributed by atoms with E-state index in [4.69, 9.17) is 10.5 Å². The average molecular weight is 287 g/mol. The Balaban J connectivity index is 2.81. The number of ether oxygens (including phenoxy) is 1. The first kappa shape index (κ1) is 13.0. The maximum absolute atomic E-state index is 11.6. The second-order valence-electron chi connectivity index (χ2n) is 3.38. The van der Waals surface area contributed by atoms with Gasteiger partial charge in [0.15, 0.2) is 0 Å². The lowest BCUT2D eigenvalue weighted by atomic mass is 10.2. The molecule has 0 fully saturated rings. The first-order valence-electron chi connectivity index (χ1n) is 4.97. The number of amides is 1. The normalized spacial score (nSPS) is 12.0. The summed E-state index contributed by atoms with van der Waals surface area (Å²) < 4.78 is 5.93. The molecule has 0 bridgehead atoms. The number of benzene rings is 1. The van der Waals surface area contributed by atoms with E-state index in [0.29, 0.717) is 17.9 Å². The number of rotatable bonds is 4. The molecule has 0 unspecified atom stereocenters. The summed E-state index contributed by atoms with van der Waals surface area (Å²) in [5.41, 5.74) is 6.28. The zero-order valence-electron chi connectivity index (χ0n) is 9.29. The Hall–Kier alpha value is -1.07. The largest absolute Gasteiger partial charge is 0.497 e. The number of carbonyl (C=O) groups excluding carboxylic acids is 1. The van der Waals surface area contributed by atoms with Gasteiger partial charge in [0.25, 0.3) is 0 Å². The zero-order valence-corrected chi connectivity index (χ0v) is 10.9. The number of anilines is 1. The summed E-state index contributed by atoms with van der Waals surface area (Å²) in [6, 6.07) is 4.87. The van der Waals surface area contributed by atoms with Crippen LogP contribution in [-0.4, -0.2) is 19.1 Å². The Bertz CT molecular complexity index is 382. The topological polar surface area (TPSA) is 64.4 Å². The Morgan fingerprint density at radius 2 is 2.25 bits per heavy atom. The minimum Gasteiger partial charge on any atom is -0.497 e. The summed E-state index contributed by atoms with van der Waals surface area (Å²) in [6.45, 7) is 1.87. The monoisotopic (exact) mass is 286 g/mol. The van der Waals surface area contributed by atoms with E-state index in [1.165, 1.54) is 0 Å². The van der Waals surface area contributed by atoms with Crippen LogP contribution in [0.5, 0.6) is 5.75 Å². The summed E-state index contributed by atoms with van der Waals surface area (Å²) in [5.74, 6) is 0.484. The van der Waals surface area contributed by atoms with Crippen molar-refractivity contribution in [2.24, 2.45) is 5.73 Å². The molecule has 4 nitrogen and oxygen atoms in total. The minimum absolute atomic E-state index is 0.192. The van der Waals surface area contributed by atoms with Crippen LogP contribution >= 0.6 is 15.9 Å². The van der Waals surface area contributed by atoms with Gasteiger partial charge in [-0.15, -0.1) is 0 Å². The second kappa shape index (κ2) is 5.86. The van der Waals surface area contributed by atoms with Gasteiger partial charge in [0, 0.05) is 16.2 Å². The molecule has 1 aromatic rings. The third-order valence-electron chi connectivity index (χ3n) is 2.15. The van der Waals surface area contributed by atoms with Crippen molar-refractivity contribution in [2.45, 2.75) is 19.4 Å². The predicted molar refractivity (Wildman–Crippen MR) is 67.6 cm³/mol. The van der Waals surface area contributed by atoms with Crippen LogP contribution < -0.4 is 15.8 Å². The van der Waals surface area contributed by atoms with Crippen LogP contribution in [0.25, 0.3) is 0 Å². The van der Waals surface area contributed by atoms with Crippen LogP contribution in [-0.2, 0) is 4.79 Å². The summed E-state index contributed by atoms with van der Waals surface area (Å²) in [6.07, 6.45) is 0.608. The van der Waals surface area contributed by atoms with Gasteiger partial charge in [0.05, 0.1) is 13.2 Å². The molecule has 1 atom stereocenters. The van der Waals surface area contributed by atoms with Crippen molar-refractivity contribution in [2.75, 3.05) is 12.4 Å². The second-order valence-corrected chi connectivity index (χ2v) is 4.30. The van der Waals surface area contributed by atoms with Crippen LogP contribution in [0.15, 0.2) is 22.7 Å². The van der Waals surface area contributed by atoms with Crippen molar-refractivity contribution >= 4 is 27.5 Å². The molecule has 5 heteroatoms. The number of nitrogens with two attached hydrogens (primary N) is 1. The van der Waals surface area contributed by atoms with E-state index >= 15 is 0 Å². The fourth-order valence-corrected chi connectivity index (χ4v) is 1.65. The average Bonchev–Trinajstić information content (AvgIpc) is 2.26. The lowest BCUT2D eigenvalue weighted by Gasteiger charge is -2.11. The molecule has 3 N–H and O–H groups in total. The van der Waals surface area contributed by atoms with Gasteiger partial charge in [-0.3, -0.25) is 4.79 Å². The molecule has 1 amide bonds. The zero-order chi connectivity index (χ0) is 12.1. The van der Waals surface area contributed by atoms with Crippen molar-refractivity contribution in [3.05, 3.63) is 22.7 Å². The van der Waals surface area contributed by atoms with Gasteiger partial charge in [-0.1, -0.05) is 22.9 Å².